The molecule has 0 spiro atoms. The maximum absolute atomic E-state index is 11.2. The van der Waals surface area contributed by atoms with Crippen LogP contribution in [-0.4, -0.2) is 46.1 Å². The minimum atomic E-state index is -3.02. The monoisotopic (exact) mass is 255 g/mol. The van der Waals surface area contributed by atoms with Crippen LogP contribution in [0.1, 0.15) is 6.92 Å². The van der Waals surface area contributed by atoms with E-state index in [1.165, 1.54) is 6.26 Å². The van der Waals surface area contributed by atoms with Gasteiger partial charge in [0, 0.05) is 24.7 Å². The number of aromatic nitrogens is 4. The summed E-state index contributed by atoms with van der Waals surface area (Å²) >= 11 is 0. The molecule has 1 N–H and O–H groups in total. The number of rotatable bonds is 4. The van der Waals surface area contributed by atoms with Crippen molar-refractivity contribution in [3.8, 4) is 0 Å². The molecule has 1 atom stereocenters. The maximum atomic E-state index is 11.2. The van der Waals surface area contributed by atoms with E-state index in [1.54, 1.807) is 30.0 Å². The van der Waals surface area contributed by atoms with E-state index in [0.29, 0.717) is 11.5 Å². The molecule has 0 saturated heterocycles. The van der Waals surface area contributed by atoms with Gasteiger partial charge in [-0.25, -0.2) is 13.4 Å². The van der Waals surface area contributed by atoms with Gasteiger partial charge >= 0.3 is 0 Å². The molecule has 92 valence electrons. The molecule has 8 heteroatoms. The Morgan fingerprint density at radius 2 is 2.29 bits per heavy atom. The number of nitrogens with zero attached hydrogens (tertiary/aromatic N) is 4. The predicted octanol–water partition coefficient (Wildman–Crippen LogP) is -0.0307. The fourth-order valence-electron chi connectivity index (χ4n) is 1.59. The van der Waals surface area contributed by atoms with Crippen molar-refractivity contribution in [1.82, 2.24) is 19.6 Å². The molecule has 17 heavy (non-hydrogen) atoms. The Bertz CT molecular complexity index is 621. The largest absolute Gasteiger partial charge is 0.363 e. The van der Waals surface area contributed by atoms with Crippen molar-refractivity contribution in [2.45, 2.75) is 13.0 Å². The quantitative estimate of drug-likeness (QED) is 0.825. The first kappa shape index (κ1) is 11.8. The van der Waals surface area contributed by atoms with Crippen LogP contribution < -0.4 is 5.32 Å². The lowest BCUT2D eigenvalue weighted by molar-refractivity contribution is 0.598. The van der Waals surface area contributed by atoms with Crippen LogP contribution in [0.25, 0.3) is 5.65 Å². The Morgan fingerprint density at radius 1 is 1.53 bits per heavy atom. The van der Waals surface area contributed by atoms with Crippen molar-refractivity contribution in [2.75, 3.05) is 17.3 Å². The SMILES string of the molecule is CC(CS(C)(=O)=O)Nc1nccn2cnnc12. The zero-order chi connectivity index (χ0) is 12.5. The molecule has 0 radical (unpaired) electrons. The van der Waals surface area contributed by atoms with Gasteiger partial charge in [-0.05, 0) is 6.92 Å². The predicted molar refractivity (Wildman–Crippen MR) is 63.6 cm³/mol. The average Bonchev–Trinajstić information content (AvgIpc) is 2.63. The second-order valence-corrected chi connectivity index (χ2v) is 6.16. The van der Waals surface area contributed by atoms with E-state index in [4.69, 9.17) is 0 Å². The van der Waals surface area contributed by atoms with E-state index < -0.39 is 9.84 Å². The normalized spacial score (nSPS) is 13.8. The molecule has 0 aliphatic carbocycles. The molecule has 0 fully saturated rings. The maximum Gasteiger partial charge on any atom is 0.203 e. The molecular weight excluding hydrogens is 242 g/mol. The molecule has 0 aliphatic heterocycles. The first-order chi connectivity index (χ1) is 7.96. The molecule has 2 aromatic heterocycles. The second kappa shape index (κ2) is 4.28. The highest BCUT2D eigenvalue weighted by Gasteiger charge is 2.13. The Morgan fingerprint density at radius 3 is 3.00 bits per heavy atom. The van der Waals surface area contributed by atoms with E-state index in [9.17, 15) is 8.42 Å². The number of nitrogens with one attached hydrogen (secondary N) is 1. The van der Waals surface area contributed by atoms with Crippen molar-refractivity contribution in [2.24, 2.45) is 0 Å². The Kier molecular flexibility index (Phi) is 2.97. The summed E-state index contributed by atoms with van der Waals surface area (Å²) in [4.78, 5) is 4.12. The van der Waals surface area contributed by atoms with Crippen molar-refractivity contribution in [3.63, 3.8) is 0 Å². The van der Waals surface area contributed by atoms with Crippen molar-refractivity contribution in [1.29, 1.82) is 0 Å². The van der Waals surface area contributed by atoms with Crippen LogP contribution in [-0.2, 0) is 9.84 Å². The lowest BCUT2D eigenvalue weighted by Gasteiger charge is -2.13. The van der Waals surface area contributed by atoms with E-state index in [2.05, 4.69) is 20.5 Å². The van der Waals surface area contributed by atoms with Gasteiger partial charge in [0.1, 0.15) is 16.2 Å². The van der Waals surface area contributed by atoms with E-state index in [1.807, 2.05) is 0 Å². The van der Waals surface area contributed by atoms with Crippen LogP contribution in [0.2, 0.25) is 0 Å². The van der Waals surface area contributed by atoms with Crippen LogP contribution in [0, 0.1) is 0 Å². The van der Waals surface area contributed by atoms with Gasteiger partial charge in [-0.3, -0.25) is 4.40 Å². The topological polar surface area (TPSA) is 89.2 Å². The summed E-state index contributed by atoms with van der Waals surface area (Å²) < 4.78 is 24.0. The number of hydrogen-bond donors (Lipinski definition) is 1. The van der Waals surface area contributed by atoms with E-state index >= 15 is 0 Å². The highest BCUT2D eigenvalue weighted by atomic mass is 32.2. The van der Waals surface area contributed by atoms with Gasteiger partial charge in [-0.2, -0.15) is 0 Å². The Labute approximate surface area is 98.8 Å². The summed E-state index contributed by atoms with van der Waals surface area (Å²) in [6.07, 6.45) is 6.09. The Balaban J connectivity index is 2.21. The van der Waals surface area contributed by atoms with Gasteiger partial charge in [0.15, 0.2) is 5.82 Å². The van der Waals surface area contributed by atoms with Gasteiger partial charge < -0.3 is 5.32 Å². The second-order valence-electron chi connectivity index (χ2n) is 3.98. The number of hydrogen-bond acceptors (Lipinski definition) is 6. The van der Waals surface area contributed by atoms with Crippen LogP contribution in [0.5, 0.6) is 0 Å². The molecule has 0 bridgehead atoms. The summed E-state index contributed by atoms with van der Waals surface area (Å²) in [7, 11) is -3.02. The summed E-state index contributed by atoms with van der Waals surface area (Å²) in [6, 6.07) is -0.236. The smallest absolute Gasteiger partial charge is 0.203 e. The number of fused-ring (bicyclic) bond motifs is 1. The summed E-state index contributed by atoms with van der Waals surface area (Å²) in [5.74, 6) is 0.574. The van der Waals surface area contributed by atoms with Crippen molar-refractivity contribution < 1.29 is 8.42 Å². The molecule has 0 saturated carbocycles. The summed E-state index contributed by atoms with van der Waals surface area (Å²) in [6.45, 7) is 1.78. The molecule has 2 heterocycles. The lowest BCUT2D eigenvalue weighted by atomic mass is 10.4. The molecule has 0 amide bonds. The fourth-order valence-corrected chi connectivity index (χ4v) is 2.58. The van der Waals surface area contributed by atoms with E-state index in [0.717, 1.165) is 0 Å². The minimum Gasteiger partial charge on any atom is -0.363 e. The molecule has 0 aromatic carbocycles. The third kappa shape index (κ3) is 2.90. The van der Waals surface area contributed by atoms with Gasteiger partial charge in [-0.15, -0.1) is 10.2 Å². The third-order valence-corrected chi connectivity index (χ3v) is 3.26. The minimum absolute atomic E-state index is 0.0455. The van der Waals surface area contributed by atoms with Gasteiger partial charge in [0.05, 0.1) is 5.75 Å². The highest BCUT2D eigenvalue weighted by molar-refractivity contribution is 7.90. The number of anilines is 1. The van der Waals surface area contributed by atoms with E-state index in [-0.39, 0.29) is 11.8 Å². The van der Waals surface area contributed by atoms with Gasteiger partial charge in [0.2, 0.25) is 5.65 Å². The zero-order valence-electron chi connectivity index (χ0n) is 9.53. The molecular formula is C9H13N5O2S. The number of sulfone groups is 1. The lowest BCUT2D eigenvalue weighted by Crippen LogP contribution is -2.25. The molecule has 2 aromatic rings. The molecule has 2 rings (SSSR count). The van der Waals surface area contributed by atoms with Crippen LogP contribution >= 0.6 is 0 Å². The first-order valence-corrected chi connectivity index (χ1v) is 7.10. The first-order valence-electron chi connectivity index (χ1n) is 5.04. The molecule has 0 aliphatic rings. The molecule has 1 unspecified atom stereocenters. The Hall–Kier alpha value is -1.70. The highest BCUT2D eigenvalue weighted by Crippen LogP contribution is 2.11. The van der Waals surface area contributed by atoms with Crippen LogP contribution in [0.3, 0.4) is 0 Å². The standard InChI is InChI=1S/C9H13N5O2S/c1-7(5-17(2,15)16)12-8-9-13-11-6-14(9)4-3-10-8/h3-4,6-7H,5H2,1-2H3,(H,10,12). The van der Waals surface area contributed by atoms with Crippen LogP contribution in [0.4, 0.5) is 5.82 Å². The zero-order valence-corrected chi connectivity index (χ0v) is 10.3. The van der Waals surface area contributed by atoms with Crippen LogP contribution in [0.15, 0.2) is 18.7 Å². The van der Waals surface area contributed by atoms with Crippen molar-refractivity contribution in [3.05, 3.63) is 18.7 Å². The van der Waals surface area contributed by atoms with Crippen molar-refractivity contribution >= 4 is 21.3 Å². The third-order valence-electron chi connectivity index (χ3n) is 2.15. The summed E-state index contributed by atoms with van der Waals surface area (Å²) in [5, 5.41) is 10.7. The fraction of sp³-hybridized carbons (Fsp3) is 0.444. The summed E-state index contributed by atoms with van der Waals surface area (Å²) in [5.41, 5.74) is 0.577. The van der Waals surface area contributed by atoms with Gasteiger partial charge in [0.25, 0.3) is 0 Å². The average molecular weight is 255 g/mol. The van der Waals surface area contributed by atoms with Gasteiger partial charge in [-0.1, -0.05) is 0 Å². The molecule has 7 nitrogen and oxygen atoms in total.